The van der Waals surface area contributed by atoms with Gasteiger partial charge in [-0.15, -0.1) is 12.8 Å². The van der Waals surface area contributed by atoms with E-state index in [1.165, 1.54) is 0 Å². The minimum Gasteiger partial charge on any atom is -0.258 e. The van der Waals surface area contributed by atoms with Crippen LogP contribution in [0.25, 0.3) is 11.1 Å². The van der Waals surface area contributed by atoms with Gasteiger partial charge in [-0.25, -0.2) is 0 Å². The van der Waals surface area contributed by atoms with E-state index in [4.69, 9.17) is 0 Å². The van der Waals surface area contributed by atoms with Gasteiger partial charge in [0.1, 0.15) is 0 Å². The zero-order valence-corrected chi connectivity index (χ0v) is 5.65. The predicted octanol–water partition coefficient (Wildman–Crippen LogP) is 1.82. The summed E-state index contributed by atoms with van der Waals surface area (Å²) in [4.78, 5) is 9.66. The highest BCUT2D eigenvalue weighted by Gasteiger charge is 2.19. The lowest BCUT2D eigenvalue weighted by Gasteiger charge is -1.78. The molecule has 0 aromatic heterocycles. The number of nitro groups is 1. The van der Waals surface area contributed by atoms with Gasteiger partial charge in [-0.1, -0.05) is 0 Å². The molecule has 11 heavy (non-hydrogen) atoms. The fourth-order valence-electron chi connectivity index (χ4n) is 0.847. The number of nitrogens with zero attached hydrogens (tertiary/aromatic N) is 1. The van der Waals surface area contributed by atoms with Gasteiger partial charge in [0.05, 0.1) is 4.92 Å². The van der Waals surface area contributed by atoms with Gasteiger partial charge in [0.15, 0.2) is 0 Å². The van der Waals surface area contributed by atoms with Crippen molar-refractivity contribution in [3.05, 3.63) is 28.3 Å². The summed E-state index contributed by atoms with van der Waals surface area (Å²) in [5.41, 5.74) is 2.24. The van der Waals surface area contributed by atoms with Crippen LogP contribution in [-0.2, 0) is 0 Å². The predicted molar refractivity (Wildman–Crippen MR) is 42.0 cm³/mol. The highest BCUT2D eigenvalue weighted by Crippen LogP contribution is 2.39. The molecule has 0 fully saturated rings. The van der Waals surface area contributed by atoms with E-state index >= 15 is 0 Å². The second-order valence-corrected chi connectivity index (χ2v) is 2.03. The maximum Gasteiger partial charge on any atom is 0.270 e. The van der Waals surface area contributed by atoms with E-state index < -0.39 is 0 Å². The van der Waals surface area contributed by atoms with Crippen LogP contribution in [0.5, 0.6) is 0 Å². The first kappa shape index (κ1) is 7.29. The lowest BCUT2D eigenvalue weighted by atomic mass is 10.5. The molecule has 0 atom stereocenters. The molecule has 2 rings (SSSR count). The normalized spacial score (nSPS) is 9.27. The number of benzene rings is 1. The van der Waals surface area contributed by atoms with Crippen LogP contribution >= 0.6 is 0 Å². The van der Waals surface area contributed by atoms with Crippen molar-refractivity contribution in [1.29, 1.82) is 0 Å². The summed E-state index contributed by atoms with van der Waals surface area (Å²) in [6.45, 7) is 0. The van der Waals surface area contributed by atoms with Crippen molar-refractivity contribution in [3.63, 3.8) is 0 Å². The van der Waals surface area contributed by atoms with E-state index in [0.717, 1.165) is 11.1 Å². The fraction of sp³-hybridized carbons (Fsp3) is 0. The summed E-state index contributed by atoms with van der Waals surface area (Å²) in [6.07, 6.45) is 8.00. The molecule has 0 saturated heterocycles. The Hall–Kier alpha value is -1.82. The van der Waals surface area contributed by atoms with E-state index in [1.807, 2.05) is 6.07 Å². The average molecular weight is 147 g/mol. The quantitative estimate of drug-likeness (QED) is 0.351. The largest absolute Gasteiger partial charge is 0.270 e. The molecule has 2 aliphatic carbocycles. The highest BCUT2D eigenvalue weighted by molar-refractivity contribution is 5.85. The van der Waals surface area contributed by atoms with Gasteiger partial charge in [-0.2, -0.15) is 0 Å². The Morgan fingerprint density at radius 3 is 1.91 bits per heavy atom. The standard InChI is InChI=1S/C6H3NO2.C2H2/c8-7(9)6-2-4-1-5(4)3-6;1-2/h1-3H;1-2H. The van der Waals surface area contributed by atoms with Crippen molar-refractivity contribution in [2.45, 2.75) is 0 Å². The minimum atomic E-state index is -0.375. The van der Waals surface area contributed by atoms with E-state index in [9.17, 15) is 10.1 Å². The molecule has 3 nitrogen and oxygen atoms in total. The summed E-state index contributed by atoms with van der Waals surface area (Å²) in [6, 6.07) is 5.07. The molecule has 0 aliphatic heterocycles. The Labute approximate surface area is 63.8 Å². The first-order chi connectivity index (χ1) is 5.27. The SMILES string of the molecule is C#C.O=[N+]([O-])c1cc2cc-2c1. The Balaban J connectivity index is 0.000000281. The number of nitro benzene ring substituents is 1. The molecule has 0 heterocycles. The second kappa shape index (κ2) is 2.43. The molecular weight excluding hydrogens is 142 g/mol. The molecule has 0 bridgehead atoms. The van der Waals surface area contributed by atoms with Crippen LogP contribution in [-0.4, -0.2) is 4.92 Å². The lowest BCUT2D eigenvalue weighted by Crippen LogP contribution is -1.82. The van der Waals surface area contributed by atoms with Crippen molar-refractivity contribution in [2.75, 3.05) is 0 Å². The van der Waals surface area contributed by atoms with Crippen LogP contribution in [0.4, 0.5) is 5.69 Å². The van der Waals surface area contributed by atoms with E-state index in [0.29, 0.717) is 0 Å². The first-order valence-electron chi connectivity index (χ1n) is 2.90. The Bertz CT molecular complexity index is 308. The van der Waals surface area contributed by atoms with Crippen molar-refractivity contribution in [3.8, 4) is 24.0 Å². The first-order valence-corrected chi connectivity index (χ1v) is 2.90. The number of terminal acetylenes is 1. The van der Waals surface area contributed by atoms with Crippen molar-refractivity contribution in [1.82, 2.24) is 0 Å². The third-order valence-corrected chi connectivity index (χ3v) is 1.38. The molecule has 54 valence electrons. The number of fused-ring (bicyclic) bond motifs is 1. The molecule has 3 heteroatoms. The second-order valence-electron chi connectivity index (χ2n) is 2.03. The molecule has 0 aromatic carbocycles. The summed E-state index contributed by atoms with van der Waals surface area (Å²) < 4.78 is 0. The average Bonchev–Trinajstić information content (AvgIpc) is 2.63. The Kier molecular flexibility index (Phi) is 1.61. The van der Waals surface area contributed by atoms with Crippen molar-refractivity contribution >= 4 is 5.69 Å². The summed E-state index contributed by atoms with van der Waals surface area (Å²) in [5, 5.41) is 10.0. The Morgan fingerprint density at radius 2 is 1.64 bits per heavy atom. The van der Waals surface area contributed by atoms with Gasteiger partial charge in [0.2, 0.25) is 0 Å². The number of non-ortho nitro benzene ring substituents is 1. The van der Waals surface area contributed by atoms with Crippen LogP contribution in [0.1, 0.15) is 0 Å². The summed E-state index contributed by atoms with van der Waals surface area (Å²) >= 11 is 0. The summed E-state index contributed by atoms with van der Waals surface area (Å²) in [7, 11) is 0. The molecule has 0 aromatic rings. The van der Waals surface area contributed by atoms with Crippen LogP contribution < -0.4 is 0 Å². The maximum atomic E-state index is 10.0. The van der Waals surface area contributed by atoms with E-state index in [2.05, 4.69) is 12.8 Å². The topological polar surface area (TPSA) is 43.1 Å². The molecule has 2 aliphatic rings. The fourth-order valence-corrected chi connectivity index (χ4v) is 0.847. The monoisotopic (exact) mass is 147 g/mol. The van der Waals surface area contributed by atoms with Crippen LogP contribution in [0.2, 0.25) is 0 Å². The third kappa shape index (κ3) is 1.19. The number of hydrogen-bond donors (Lipinski definition) is 0. The van der Waals surface area contributed by atoms with E-state index in [1.54, 1.807) is 12.1 Å². The lowest BCUT2D eigenvalue weighted by molar-refractivity contribution is -0.384. The van der Waals surface area contributed by atoms with Gasteiger partial charge >= 0.3 is 0 Å². The van der Waals surface area contributed by atoms with Gasteiger partial charge in [0.25, 0.3) is 5.69 Å². The van der Waals surface area contributed by atoms with Crippen LogP contribution in [0, 0.1) is 23.0 Å². The van der Waals surface area contributed by atoms with Gasteiger partial charge < -0.3 is 0 Å². The van der Waals surface area contributed by atoms with E-state index in [-0.39, 0.29) is 10.6 Å². The molecule has 0 unspecified atom stereocenters. The maximum absolute atomic E-state index is 10.0. The zero-order valence-electron chi connectivity index (χ0n) is 5.65. The molecule has 0 saturated carbocycles. The van der Waals surface area contributed by atoms with Crippen LogP contribution in [0.15, 0.2) is 18.2 Å². The van der Waals surface area contributed by atoms with Crippen molar-refractivity contribution in [2.24, 2.45) is 0 Å². The molecule has 0 radical (unpaired) electrons. The Morgan fingerprint density at radius 1 is 1.18 bits per heavy atom. The molecule has 0 N–H and O–H groups in total. The molecular formula is C8H5NO2. The zero-order chi connectivity index (χ0) is 8.43. The van der Waals surface area contributed by atoms with Gasteiger partial charge in [0, 0.05) is 12.1 Å². The third-order valence-electron chi connectivity index (χ3n) is 1.38. The van der Waals surface area contributed by atoms with Crippen LogP contribution in [0.3, 0.4) is 0 Å². The molecule has 0 amide bonds. The van der Waals surface area contributed by atoms with Gasteiger partial charge in [-0.05, 0) is 17.2 Å². The minimum absolute atomic E-state index is 0.211. The smallest absolute Gasteiger partial charge is 0.258 e. The van der Waals surface area contributed by atoms with Crippen molar-refractivity contribution < 1.29 is 4.92 Å². The summed E-state index contributed by atoms with van der Waals surface area (Å²) in [5.74, 6) is 0. The van der Waals surface area contributed by atoms with Gasteiger partial charge in [-0.3, -0.25) is 10.1 Å². The number of rotatable bonds is 1. The molecule has 0 spiro atoms. The number of hydrogen-bond acceptors (Lipinski definition) is 2. The highest BCUT2D eigenvalue weighted by atomic mass is 16.6.